The molecule has 18 heterocycles. The van der Waals surface area contributed by atoms with Gasteiger partial charge in [-0.1, -0.05) is 91.1 Å². The van der Waals surface area contributed by atoms with Crippen molar-refractivity contribution >= 4 is 24.3 Å². The summed E-state index contributed by atoms with van der Waals surface area (Å²) in [5.74, 6) is 0. The molecule has 544 valence electrons. The molecule has 3 aliphatic rings. The Morgan fingerprint density at radius 1 is 0.216 bits per heavy atom. The molecule has 17 nitrogen and oxygen atoms in total. The van der Waals surface area contributed by atoms with E-state index in [0.29, 0.717) is 0 Å². The minimum atomic E-state index is 0.915. The van der Waals surface area contributed by atoms with Gasteiger partial charge in [0.15, 0.2) is 0 Å². The van der Waals surface area contributed by atoms with Crippen molar-refractivity contribution in [3.8, 4) is 67.3 Å². The van der Waals surface area contributed by atoms with E-state index in [0.717, 1.165) is 79.3 Å². The van der Waals surface area contributed by atoms with Crippen molar-refractivity contribution in [2.45, 2.75) is 6.42 Å². The number of aromatic nitrogens is 15. The average molecular weight is 1450 g/mol. The highest BCUT2D eigenvalue weighted by molar-refractivity contribution is 5.76. The van der Waals surface area contributed by atoms with Crippen LogP contribution >= 0.6 is 0 Å². The van der Waals surface area contributed by atoms with Gasteiger partial charge in [-0.2, -0.15) is 0 Å². The maximum Gasteiger partial charge on any atom is 0.0886 e. The Morgan fingerprint density at radius 3 is 0.811 bits per heavy atom. The van der Waals surface area contributed by atoms with Gasteiger partial charge in [-0.15, -0.1) is 0 Å². The zero-order valence-corrected chi connectivity index (χ0v) is 61.4. The summed E-state index contributed by atoms with van der Waals surface area (Å²) in [5.41, 5.74) is 19.8. The zero-order chi connectivity index (χ0) is 75.9. The third-order valence-electron chi connectivity index (χ3n) is 16.9. The van der Waals surface area contributed by atoms with Gasteiger partial charge in [0, 0.05) is 223 Å². The molecule has 0 atom stereocenters. The van der Waals surface area contributed by atoms with Gasteiger partial charge in [-0.25, -0.2) is 4.98 Å². The van der Waals surface area contributed by atoms with Crippen LogP contribution in [0, 0.1) is 0 Å². The van der Waals surface area contributed by atoms with Gasteiger partial charge in [0.1, 0.15) is 0 Å². The Labute approximate surface area is 649 Å². The molecule has 0 amide bonds. The molecule has 0 N–H and O–H groups in total. The lowest BCUT2D eigenvalue weighted by molar-refractivity contribution is 0.0647. The molecule has 0 saturated carbocycles. The maximum atomic E-state index is 4.84. The molecule has 19 rings (SSSR count). The highest BCUT2D eigenvalue weighted by atomic mass is 15.3. The smallest absolute Gasteiger partial charge is 0.0886 e. The number of allylic oxidation sites excluding steroid dienone is 2. The number of fused-ring (bicyclic) bond motifs is 3. The number of hydrogen-bond acceptors (Lipinski definition) is 17. The average Bonchev–Trinajstić information content (AvgIpc) is 0.804. The van der Waals surface area contributed by atoms with E-state index in [1.165, 1.54) is 67.1 Å². The third-order valence-corrected chi connectivity index (χ3v) is 16.9. The summed E-state index contributed by atoms with van der Waals surface area (Å²) in [5, 5.41) is 0. The van der Waals surface area contributed by atoms with Gasteiger partial charge < -0.3 is 0 Å². The minimum absolute atomic E-state index is 0.915. The van der Waals surface area contributed by atoms with Gasteiger partial charge in [0.25, 0.3) is 0 Å². The van der Waals surface area contributed by atoms with Gasteiger partial charge in [-0.05, 0) is 232 Å². The molecule has 3 fully saturated rings. The molecular weight excluding hydrogens is 1370 g/mol. The summed E-state index contributed by atoms with van der Waals surface area (Å²) >= 11 is 0. The van der Waals surface area contributed by atoms with Crippen LogP contribution in [0.1, 0.15) is 33.4 Å². The highest BCUT2D eigenvalue weighted by Crippen LogP contribution is 2.30. The standard InChI is InChI=1S/C21H15N3.C14H12N2.C12H10N2.C11H10N2.3C10H8N2.C6H12N2/c1-2-4-16(5-3-1)19-14-20(17-6-10-22-11-7-17)24-21(15-19)18-8-12-23-13-9-18;1(3-13-5-9-15-10-6-13)2-4-14-7-11-16-12-8-14;1(11-3-7-13-8-4-11)2-12-5-9-14-10-6-12;1-5-12-6-2-10(1)9-11-3-7-13-8-4-11;1-5-11-6-2-9(1)10-3-7-12-8-4-10;1-3-9(7-11-5-1)10-4-2-6-12-8-10;1-3-7-11-9(5-1)10-6-2-4-8-12-10;1-2-8-5-3-7(1)4-6-8/h1-15H;1-12H;1-10H;1-8H,9H2;3*1-8H;1-6H2. The molecule has 111 heavy (non-hydrogen) atoms. The molecule has 0 radical (unpaired) electrons. The van der Waals surface area contributed by atoms with Gasteiger partial charge in [-0.3, -0.25) is 79.6 Å². The van der Waals surface area contributed by atoms with E-state index in [9.17, 15) is 0 Å². The maximum absolute atomic E-state index is 4.84. The summed E-state index contributed by atoms with van der Waals surface area (Å²) in [6.45, 7) is 7.92. The van der Waals surface area contributed by atoms with E-state index in [-0.39, 0.29) is 0 Å². The van der Waals surface area contributed by atoms with Gasteiger partial charge in [0.2, 0.25) is 0 Å². The second kappa shape index (κ2) is 45.9. The second-order valence-corrected chi connectivity index (χ2v) is 24.6. The van der Waals surface area contributed by atoms with Crippen LogP contribution in [0.4, 0.5) is 0 Å². The van der Waals surface area contributed by atoms with Gasteiger partial charge in [0.05, 0.1) is 22.8 Å². The lowest BCUT2D eigenvalue weighted by Crippen LogP contribution is -2.55. The van der Waals surface area contributed by atoms with E-state index >= 15 is 0 Å². The molecule has 3 aliphatic heterocycles. The van der Waals surface area contributed by atoms with Crippen molar-refractivity contribution in [3.05, 3.63) is 431 Å². The van der Waals surface area contributed by atoms with Crippen molar-refractivity contribution in [1.82, 2.24) is 84.6 Å². The minimum Gasteiger partial charge on any atom is -0.300 e. The Kier molecular flexibility index (Phi) is 32.1. The van der Waals surface area contributed by atoms with Crippen LogP contribution in [0.25, 0.3) is 91.6 Å². The van der Waals surface area contributed by atoms with Crippen molar-refractivity contribution in [2.75, 3.05) is 39.3 Å². The Hall–Kier alpha value is -14.4. The van der Waals surface area contributed by atoms with E-state index < -0.39 is 0 Å². The molecule has 0 spiro atoms. The lowest BCUT2D eigenvalue weighted by Gasteiger charge is -2.41. The van der Waals surface area contributed by atoms with Crippen molar-refractivity contribution in [3.63, 3.8) is 0 Å². The fourth-order valence-electron chi connectivity index (χ4n) is 11.0. The van der Waals surface area contributed by atoms with E-state index in [2.05, 4.69) is 116 Å². The zero-order valence-electron chi connectivity index (χ0n) is 61.4. The quantitative estimate of drug-likeness (QED) is 0.0986. The first-order valence-corrected chi connectivity index (χ1v) is 36.3. The van der Waals surface area contributed by atoms with Gasteiger partial charge >= 0.3 is 0 Å². The summed E-state index contributed by atoms with van der Waals surface area (Å²) in [7, 11) is 0. The van der Waals surface area contributed by atoms with E-state index in [1.54, 1.807) is 124 Å². The number of benzene rings is 1. The summed E-state index contributed by atoms with van der Waals surface area (Å²) in [6.07, 6.45) is 59.7. The Balaban J connectivity index is 0.000000128. The molecule has 16 aromatic rings. The molecule has 0 aliphatic carbocycles. The summed E-state index contributed by atoms with van der Waals surface area (Å²) < 4.78 is 0. The first-order chi connectivity index (χ1) is 55.1. The Bertz CT molecular complexity index is 4620. The topological polar surface area (TPSA) is 200 Å². The predicted molar refractivity (Wildman–Crippen MR) is 447 cm³/mol. The number of piperazine rings is 3. The number of hydrogen-bond donors (Lipinski definition) is 0. The number of rotatable bonds is 13. The number of pyridine rings is 15. The normalized spacial score (nSPS) is 12.8. The van der Waals surface area contributed by atoms with Crippen LogP contribution in [0.5, 0.6) is 0 Å². The van der Waals surface area contributed by atoms with Crippen LogP contribution < -0.4 is 0 Å². The second-order valence-electron chi connectivity index (χ2n) is 24.6. The predicted octanol–water partition coefficient (Wildman–Crippen LogP) is 18.8. The molecule has 1 aromatic carbocycles. The van der Waals surface area contributed by atoms with Crippen LogP contribution in [-0.4, -0.2) is 124 Å². The highest BCUT2D eigenvalue weighted by Gasteiger charge is 2.22. The first kappa shape index (κ1) is 77.7. The molecular formula is C94H83N17. The first-order valence-electron chi connectivity index (χ1n) is 36.3. The third kappa shape index (κ3) is 28.1. The van der Waals surface area contributed by atoms with E-state index in [1.807, 2.05) is 262 Å². The monoisotopic (exact) mass is 1450 g/mol. The molecule has 15 aromatic heterocycles. The van der Waals surface area contributed by atoms with Crippen molar-refractivity contribution in [1.29, 1.82) is 0 Å². The molecule has 17 heteroatoms. The fourth-order valence-corrected chi connectivity index (χ4v) is 11.0. The summed E-state index contributed by atoms with van der Waals surface area (Å²) in [4.78, 5) is 66.3. The Morgan fingerprint density at radius 2 is 0.505 bits per heavy atom. The van der Waals surface area contributed by atoms with Crippen molar-refractivity contribution < 1.29 is 0 Å². The number of nitrogens with zero attached hydrogens (tertiary/aromatic N) is 17. The van der Waals surface area contributed by atoms with Crippen LogP contribution in [-0.2, 0) is 6.42 Å². The molecule has 2 bridgehead atoms. The van der Waals surface area contributed by atoms with Crippen LogP contribution in [0.15, 0.2) is 398 Å². The largest absolute Gasteiger partial charge is 0.300 e. The van der Waals surface area contributed by atoms with Crippen LogP contribution in [0.3, 0.4) is 0 Å². The molecule has 0 unspecified atom stereocenters. The van der Waals surface area contributed by atoms with Crippen LogP contribution in [0.2, 0.25) is 0 Å². The summed E-state index contributed by atoms with van der Waals surface area (Å²) in [6, 6.07) is 73.8. The lowest BCUT2D eigenvalue weighted by atomic mass is 10.0. The fraction of sp³-hybridized carbons (Fsp3) is 0.0745. The molecule has 3 saturated heterocycles. The SMILES string of the molecule is C(=Cc1ccncc1)c1ccncc1.C(C=Cc1ccncc1)=Cc1ccncc1.C1CN2CCN1CC2.c1cc(-c2ccncc2)ccn1.c1cc(Cc2ccncc2)ccn1.c1ccc(-c2cc(-c3ccncc3)nc(-c3ccncc3)c2)cc1.c1ccc(-c2ccccn2)nc1.c1cncc(-c2cccnc2)c1. The van der Waals surface area contributed by atoms with E-state index in [4.69, 9.17) is 4.98 Å². The van der Waals surface area contributed by atoms with Crippen molar-refractivity contribution in [2.24, 2.45) is 0 Å².